The fraction of sp³-hybridized carbons (Fsp3) is 0.353. The van der Waals surface area contributed by atoms with E-state index >= 15 is 0 Å². The first-order chi connectivity index (χ1) is 10.2. The molecule has 0 radical (unpaired) electrons. The number of methoxy groups -OCH3 is 1. The third-order valence-corrected chi connectivity index (χ3v) is 3.34. The molecule has 0 saturated heterocycles. The van der Waals surface area contributed by atoms with E-state index in [0.717, 1.165) is 18.8 Å². The van der Waals surface area contributed by atoms with Gasteiger partial charge >= 0.3 is 0 Å². The summed E-state index contributed by atoms with van der Waals surface area (Å²) < 4.78 is 5.22. The van der Waals surface area contributed by atoms with Crippen molar-refractivity contribution in [3.8, 4) is 5.75 Å². The third kappa shape index (κ3) is 4.85. The van der Waals surface area contributed by atoms with Crippen LogP contribution in [0.15, 0.2) is 48.8 Å². The quantitative estimate of drug-likeness (QED) is 0.848. The maximum atomic E-state index is 5.22. The minimum absolute atomic E-state index is 0.270. The summed E-state index contributed by atoms with van der Waals surface area (Å²) in [6.07, 6.45) is 3.69. The Morgan fingerprint density at radius 2 is 1.95 bits per heavy atom. The van der Waals surface area contributed by atoms with Crippen LogP contribution in [0.5, 0.6) is 5.75 Å². The summed E-state index contributed by atoms with van der Waals surface area (Å²) in [4.78, 5) is 6.34. The van der Waals surface area contributed by atoms with Crippen LogP contribution in [0.4, 0.5) is 0 Å². The predicted molar refractivity (Wildman–Crippen MR) is 85.4 cm³/mol. The van der Waals surface area contributed by atoms with Crippen molar-refractivity contribution in [2.45, 2.75) is 12.6 Å². The van der Waals surface area contributed by atoms with Crippen LogP contribution in [0.1, 0.15) is 17.2 Å². The van der Waals surface area contributed by atoms with Crippen molar-refractivity contribution >= 4 is 0 Å². The van der Waals surface area contributed by atoms with Gasteiger partial charge in [0.05, 0.1) is 7.11 Å². The average Bonchev–Trinajstić information content (AvgIpc) is 2.52. The second kappa shape index (κ2) is 7.76. The lowest BCUT2D eigenvalue weighted by molar-refractivity contribution is 0.340. The summed E-state index contributed by atoms with van der Waals surface area (Å²) in [6, 6.07) is 12.6. The van der Waals surface area contributed by atoms with Gasteiger partial charge in [0, 0.05) is 31.5 Å². The number of nitrogens with zero attached hydrogens (tertiary/aromatic N) is 2. The summed E-state index contributed by atoms with van der Waals surface area (Å²) >= 11 is 0. The van der Waals surface area contributed by atoms with Gasteiger partial charge in [-0.1, -0.05) is 18.2 Å². The maximum Gasteiger partial charge on any atom is 0.118 e. The molecule has 0 fully saturated rings. The van der Waals surface area contributed by atoms with E-state index in [1.807, 2.05) is 24.4 Å². The van der Waals surface area contributed by atoms with Crippen molar-refractivity contribution in [1.82, 2.24) is 15.2 Å². The lowest BCUT2D eigenvalue weighted by Gasteiger charge is -2.23. The van der Waals surface area contributed by atoms with Crippen LogP contribution in [0, 0.1) is 0 Å². The molecular formula is C17H23N3O. The third-order valence-electron chi connectivity index (χ3n) is 3.34. The minimum atomic E-state index is 0.270. The van der Waals surface area contributed by atoms with Crippen LogP contribution >= 0.6 is 0 Å². The molecule has 0 spiro atoms. The fourth-order valence-electron chi connectivity index (χ4n) is 2.23. The van der Waals surface area contributed by atoms with Gasteiger partial charge < -0.3 is 15.0 Å². The highest BCUT2D eigenvalue weighted by atomic mass is 16.5. The van der Waals surface area contributed by atoms with Gasteiger partial charge in [-0.2, -0.15) is 0 Å². The van der Waals surface area contributed by atoms with Crippen LogP contribution in [0.2, 0.25) is 0 Å². The molecule has 0 aliphatic heterocycles. The molecule has 1 atom stereocenters. The minimum Gasteiger partial charge on any atom is -0.497 e. The fourth-order valence-corrected chi connectivity index (χ4v) is 2.23. The predicted octanol–water partition coefficient (Wildman–Crippen LogP) is 2.48. The molecule has 0 amide bonds. The lowest BCUT2D eigenvalue weighted by Crippen LogP contribution is -2.30. The molecule has 2 aromatic rings. The standard InChI is InChI=1S/C17H23N3O/c1-20(2)13-17(15-6-8-16(21-3)9-7-15)19-12-14-5-4-10-18-11-14/h4-11,17,19H,12-13H2,1-3H3/t17-/m1/s1. The van der Waals surface area contributed by atoms with Crippen LogP contribution in [-0.4, -0.2) is 37.6 Å². The molecule has 112 valence electrons. The number of benzene rings is 1. The SMILES string of the molecule is COc1ccc([C@@H](CN(C)C)NCc2cccnc2)cc1. The second-order valence-corrected chi connectivity index (χ2v) is 5.33. The summed E-state index contributed by atoms with van der Waals surface area (Å²) in [7, 11) is 5.86. The highest BCUT2D eigenvalue weighted by Crippen LogP contribution is 2.18. The molecular weight excluding hydrogens is 262 g/mol. The summed E-state index contributed by atoms with van der Waals surface area (Å²) in [5.41, 5.74) is 2.45. The molecule has 1 N–H and O–H groups in total. The van der Waals surface area contributed by atoms with Crippen LogP contribution in [0.3, 0.4) is 0 Å². The van der Waals surface area contributed by atoms with Gasteiger partial charge in [0.15, 0.2) is 0 Å². The highest BCUT2D eigenvalue weighted by Gasteiger charge is 2.12. The molecule has 4 nitrogen and oxygen atoms in total. The molecule has 0 saturated carbocycles. The smallest absolute Gasteiger partial charge is 0.118 e. The van der Waals surface area contributed by atoms with Crippen molar-refractivity contribution in [1.29, 1.82) is 0 Å². The number of hydrogen-bond acceptors (Lipinski definition) is 4. The molecule has 4 heteroatoms. The first-order valence-corrected chi connectivity index (χ1v) is 7.10. The summed E-state index contributed by atoms with van der Waals surface area (Å²) in [5, 5.41) is 3.60. The lowest BCUT2D eigenvalue weighted by atomic mass is 10.1. The average molecular weight is 285 g/mol. The molecule has 2 rings (SSSR count). The van der Waals surface area contributed by atoms with E-state index < -0.39 is 0 Å². The van der Waals surface area contributed by atoms with E-state index in [1.54, 1.807) is 13.3 Å². The van der Waals surface area contributed by atoms with E-state index in [2.05, 4.69) is 47.5 Å². The number of aromatic nitrogens is 1. The zero-order valence-electron chi connectivity index (χ0n) is 12.9. The molecule has 0 unspecified atom stereocenters. The number of nitrogens with one attached hydrogen (secondary N) is 1. The monoisotopic (exact) mass is 285 g/mol. The summed E-state index contributed by atoms with van der Waals surface area (Å²) in [5.74, 6) is 0.884. The Morgan fingerprint density at radius 1 is 1.19 bits per heavy atom. The Morgan fingerprint density at radius 3 is 2.52 bits per heavy atom. The van der Waals surface area contributed by atoms with Crippen molar-refractivity contribution in [2.75, 3.05) is 27.7 Å². The van der Waals surface area contributed by atoms with Crippen LogP contribution in [0.25, 0.3) is 0 Å². The number of hydrogen-bond donors (Lipinski definition) is 1. The van der Waals surface area contributed by atoms with Crippen LogP contribution < -0.4 is 10.1 Å². The molecule has 1 aromatic carbocycles. The van der Waals surface area contributed by atoms with E-state index in [4.69, 9.17) is 4.74 Å². The first kappa shape index (κ1) is 15.5. The van der Waals surface area contributed by atoms with E-state index in [-0.39, 0.29) is 6.04 Å². The zero-order valence-corrected chi connectivity index (χ0v) is 12.9. The van der Waals surface area contributed by atoms with Crippen molar-refractivity contribution in [2.24, 2.45) is 0 Å². The van der Waals surface area contributed by atoms with Gasteiger partial charge in [-0.3, -0.25) is 4.98 Å². The van der Waals surface area contributed by atoms with Crippen molar-refractivity contribution in [3.63, 3.8) is 0 Å². The Hall–Kier alpha value is -1.91. The largest absolute Gasteiger partial charge is 0.497 e. The zero-order chi connectivity index (χ0) is 15.1. The molecule has 0 bridgehead atoms. The van der Waals surface area contributed by atoms with Crippen molar-refractivity contribution < 1.29 is 4.74 Å². The van der Waals surface area contributed by atoms with Gasteiger partial charge in [0.25, 0.3) is 0 Å². The number of likely N-dealkylation sites (N-methyl/N-ethyl adjacent to an activating group) is 1. The number of ether oxygens (including phenoxy) is 1. The van der Waals surface area contributed by atoms with E-state index in [0.29, 0.717) is 0 Å². The van der Waals surface area contributed by atoms with Gasteiger partial charge in [-0.15, -0.1) is 0 Å². The molecule has 1 aromatic heterocycles. The topological polar surface area (TPSA) is 37.4 Å². The number of rotatable bonds is 7. The van der Waals surface area contributed by atoms with Gasteiger partial charge in [0.2, 0.25) is 0 Å². The van der Waals surface area contributed by atoms with E-state index in [1.165, 1.54) is 11.1 Å². The Balaban J connectivity index is 2.06. The second-order valence-electron chi connectivity index (χ2n) is 5.33. The van der Waals surface area contributed by atoms with Crippen LogP contribution in [-0.2, 0) is 6.54 Å². The molecule has 21 heavy (non-hydrogen) atoms. The Labute approximate surface area is 126 Å². The van der Waals surface area contributed by atoms with Gasteiger partial charge in [0.1, 0.15) is 5.75 Å². The van der Waals surface area contributed by atoms with Gasteiger partial charge in [-0.25, -0.2) is 0 Å². The van der Waals surface area contributed by atoms with Gasteiger partial charge in [-0.05, 0) is 43.4 Å². The Bertz CT molecular complexity index is 525. The first-order valence-electron chi connectivity index (χ1n) is 7.10. The number of pyridine rings is 1. The Kier molecular flexibility index (Phi) is 5.72. The molecule has 0 aliphatic carbocycles. The highest BCUT2D eigenvalue weighted by molar-refractivity contribution is 5.29. The molecule has 0 aliphatic rings. The summed E-state index contributed by atoms with van der Waals surface area (Å²) in [6.45, 7) is 1.74. The maximum absolute atomic E-state index is 5.22. The normalized spacial score (nSPS) is 12.4. The van der Waals surface area contributed by atoms with E-state index in [9.17, 15) is 0 Å². The molecule has 1 heterocycles. The van der Waals surface area contributed by atoms with Crippen molar-refractivity contribution in [3.05, 3.63) is 59.9 Å².